The van der Waals surface area contributed by atoms with Gasteiger partial charge in [0.15, 0.2) is 5.65 Å². The van der Waals surface area contributed by atoms with E-state index < -0.39 is 0 Å². The molecule has 4 aromatic rings. The molecule has 1 fully saturated rings. The van der Waals surface area contributed by atoms with Gasteiger partial charge in [0, 0.05) is 48.4 Å². The van der Waals surface area contributed by atoms with E-state index in [0.717, 1.165) is 73.2 Å². The van der Waals surface area contributed by atoms with Crippen molar-refractivity contribution in [2.75, 3.05) is 44.7 Å². The van der Waals surface area contributed by atoms with E-state index in [4.69, 9.17) is 21.3 Å². The lowest BCUT2D eigenvalue weighted by Gasteiger charge is -2.26. The first-order chi connectivity index (χ1) is 15.3. The minimum Gasteiger partial charge on any atom is -0.379 e. The third-order valence-corrected chi connectivity index (χ3v) is 5.79. The molecule has 31 heavy (non-hydrogen) atoms. The molecule has 0 spiro atoms. The summed E-state index contributed by atoms with van der Waals surface area (Å²) < 4.78 is 7.33. The summed E-state index contributed by atoms with van der Waals surface area (Å²) in [5, 5.41) is 8.93. The van der Waals surface area contributed by atoms with Crippen molar-refractivity contribution >= 4 is 23.1 Å². The molecule has 6 nitrogen and oxygen atoms in total. The Labute approximate surface area is 186 Å². The summed E-state index contributed by atoms with van der Waals surface area (Å²) in [5.74, 6) is 0.928. The first kappa shape index (κ1) is 20.0. The van der Waals surface area contributed by atoms with Crippen LogP contribution in [0.4, 0.5) is 5.82 Å². The fraction of sp³-hybridized carbons (Fsp3) is 0.250. The van der Waals surface area contributed by atoms with E-state index in [0.29, 0.717) is 5.02 Å². The van der Waals surface area contributed by atoms with Crippen LogP contribution in [0.1, 0.15) is 0 Å². The van der Waals surface area contributed by atoms with Crippen LogP contribution in [-0.4, -0.2) is 58.9 Å². The average Bonchev–Trinajstić information content (AvgIpc) is 3.25. The van der Waals surface area contributed by atoms with Crippen molar-refractivity contribution in [2.24, 2.45) is 0 Å². The number of nitrogens with zero attached hydrogens (tertiary/aromatic N) is 4. The fourth-order valence-electron chi connectivity index (χ4n) is 3.85. The number of hydrogen-bond acceptors (Lipinski definition) is 5. The van der Waals surface area contributed by atoms with Crippen LogP contribution in [0.15, 0.2) is 66.9 Å². The Morgan fingerprint density at radius 1 is 0.968 bits per heavy atom. The SMILES string of the molecule is Clc1ccc(-c2cnn3c(NCCN4CCOCC4)cc(-c4ccccc4)nc23)cc1. The first-order valence-electron chi connectivity index (χ1n) is 10.5. The topological polar surface area (TPSA) is 54.7 Å². The van der Waals surface area contributed by atoms with E-state index in [1.54, 1.807) is 0 Å². The van der Waals surface area contributed by atoms with Gasteiger partial charge in [0.2, 0.25) is 0 Å². The van der Waals surface area contributed by atoms with Crippen LogP contribution < -0.4 is 5.32 Å². The molecule has 0 unspecified atom stereocenters. The van der Waals surface area contributed by atoms with Crippen molar-refractivity contribution < 1.29 is 4.74 Å². The fourth-order valence-corrected chi connectivity index (χ4v) is 3.97. The zero-order valence-corrected chi connectivity index (χ0v) is 17.9. The van der Waals surface area contributed by atoms with Crippen molar-refractivity contribution in [3.05, 3.63) is 71.9 Å². The standard InChI is InChI=1S/C24H24ClN5O/c25-20-8-6-18(7-9-20)21-17-27-30-23(26-10-11-29-12-14-31-15-13-29)16-22(28-24(21)30)19-4-2-1-3-5-19/h1-9,16-17,26H,10-15H2. The molecular weight excluding hydrogens is 410 g/mol. The van der Waals surface area contributed by atoms with E-state index in [1.165, 1.54) is 0 Å². The second-order valence-corrected chi connectivity index (χ2v) is 8.01. The Kier molecular flexibility index (Phi) is 5.84. The van der Waals surface area contributed by atoms with E-state index in [1.807, 2.05) is 53.2 Å². The number of benzene rings is 2. The molecule has 0 saturated carbocycles. The normalized spacial score (nSPS) is 14.7. The summed E-state index contributed by atoms with van der Waals surface area (Å²) in [6.45, 7) is 5.35. The summed E-state index contributed by atoms with van der Waals surface area (Å²) in [6.07, 6.45) is 1.87. The lowest BCUT2D eigenvalue weighted by Crippen LogP contribution is -2.39. The van der Waals surface area contributed by atoms with Gasteiger partial charge in [-0.15, -0.1) is 0 Å². The summed E-state index contributed by atoms with van der Waals surface area (Å²) in [7, 11) is 0. The Hall–Kier alpha value is -2.93. The molecular formula is C24H24ClN5O. The lowest BCUT2D eigenvalue weighted by atomic mass is 10.1. The van der Waals surface area contributed by atoms with Crippen LogP contribution in [0, 0.1) is 0 Å². The van der Waals surface area contributed by atoms with Gasteiger partial charge in [0.05, 0.1) is 25.1 Å². The quantitative estimate of drug-likeness (QED) is 0.486. The molecule has 0 amide bonds. The number of nitrogens with one attached hydrogen (secondary N) is 1. The lowest BCUT2D eigenvalue weighted by molar-refractivity contribution is 0.0398. The second-order valence-electron chi connectivity index (χ2n) is 7.57. The molecule has 3 heterocycles. The number of anilines is 1. The summed E-state index contributed by atoms with van der Waals surface area (Å²) in [4.78, 5) is 7.38. The highest BCUT2D eigenvalue weighted by Crippen LogP contribution is 2.29. The minimum absolute atomic E-state index is 0.712. The maximum absolute atomic E-state index is 6.08. The first-order valence-corrected chi connectivity index (χ1v) is 10.9. The van der Waals surface area contributed by atoms with Crippen LogP contribution in [-0.2, 0) is 4.74 Å². The van der Waals surface area contributed by atoms with Gasteiger partial charge in [-0.2, -0.15) is 9.61 Å². The highest BCUT2D eigenvalue weighted by atomic mass is 35.5. The van der Waals surface area contributed by atoms with Crippen molar-refractivity contribution in [2.45, 2.75) is 0 Å². The monoisotopic (exact) mass is 433 g/mol. The van der Waals surface area contributed by atoms with Crippen LogP contribution in [0.3, 0.4) is 0 Å². The zero-order valence-electron chi connectivity index (χ0n) is 17.2. The minimum atomic E-state index is 0.712. The maximum Gasteiger partial charge on any atom is 0.165 e. The molecule has 2 aromatic heterocycles. The highest BCUT2D eigenvalue weighted by molar-refractivity contribution is 6.30. The molecule has 2 aromatic carbocycles. The predicted molar refractivity (Wildman–Crippen MR) is 125 cm³/mol. The Bertz CT molecular complexity index is 1150. The van der Waals surface area contributed by atoms with Gasteiger partial charge in [-0.25, -0.2) is 4.98 Å². The molecule has 1 aliphatic rings. The van der Waals surface area contributed by atoms with Gasteiger partial charge < -0.3 is 10.1 Å². The maximum atomic E-state index is 6.08. The molecule has 7 heteroatoms. The molecule has 1 N–H and O–H groups in total. The average molecular weight is 434 g/mol. The number of halogens is 1. The van der Waals surface area contributed by atoms with Crippen molar-refractivity contribution in [3.8, 4) is 22.4 Å². The number of ether oxygens (including phenoxy) is 1. The summed E-state index contributed by atoms with van der Waals surface area (Å²) >= 11 is 6.08. The van der Waals surface area contributed by atoms with E-state index in [-0.39, 0.29) is 0 Å². The highest BCUT2D eigenvalue weighted by Gasteiger charge is 2.15. The van der Waals surface area contributed by atoms with E-state index in [2.05, 4.69) is 33.5 Å². The van der Waals surface area contributed by atoms with Gasteiger partial charge in [-0.3, -0.25) is 4.90 Å². The van der Waals surface area contributed by atoms with Crippen molar-refractivity contribution in [1.29, 1.82) is 0 Å². The third kappa shape index (κ3) is 4.42. The number of aromatic nitrogens is 3. The number of morpholine rings is 1. The van der Waals surface area contributed by atoms with Crippen LogP contribution >= 0.6 is 11.6 Å². The predicted octanol–water partition coefficient (Wildman–Crippen LogP) is 4.46. The molecule has 5 rings (SSSR count). The Balaban J connectivity index is 1.51. The number of rotatable bonds is 6. The Morgan fingerprint density at radius 3 is 2.52 bits per heavy atom. The molecule has 158 valence electrons. The van der Waals surface area contributed by atoms with Crippen molar-refractivity contribution in [3.63, 3.8) is 0 Å². The van der Waals surface area contributed by atoms with Gasteiger partial charge in [0.25, 0.3) is 0 Å². The third-order valence-electron chi connectivity index (χ3n) is 5.53. The van der Waals surface area contributed by atoms with E-state index >= 15 is 0 Å². The smallest absolute Gasteiger partial charge is 0.165 e. The summed E-state index contributed by atoms with van der Waals surface area (Å²) in [5.41, 5.74) is 4.82. The van der Waals surface area contributed by atoms with Crippen LogP contribution in [0.2, 0.25) is 5.02 Å². The molecule has 0 atom stereocenters. The van der Waals surface area contributed by atoms with Crippen LogP contribution in [0.25, 0.3) is 28.0 Å². The van der Waals surface area contributed by atoms with Gasteiger partial charge in [-0.05, 0) is 17.7 Å². The molecule has 1 saturated heterocycles. The van der Waals surface area contributed by atoms with Gasteiger partial charge >= 0.3 is 0 Å². The largest absolute Gasteiger partial charge is 0.379 e. The Morgan fingerprint density at radius 2 is 1.74 bits per heavy atom. The number of fused-ring (bicyclic) bond motifs is 1. The second kappa shape index (κ2) is 9.06. The van der Waals surface area contributed by atoms with Crippen molar-refractivity contribution in [1.82, 2.24) is 19.5 Å². The van der Waals surface area contributed by atoms with Crippen LogP contribution in [0.5, 0.6) is 0 Å². The zero-order chi connectivity index (χ0) is 21.0. The van der Waals surface area contributed by atoms with Gasteiger partial charge in [0.1, 0.15) is 5.82 Å². The molecule has 0 aliphatic carbocycles. The van der Waals surface area contributed by atoms with Gasteiger partial charge in [-0.1, -0.05) is 54.1 Å². The summed E-state index contributed by atoms with van der Waals surface area (Å²) in [6, 6.07) is 20.1. The molecule has 1 aliphatic heterocycles. The molecule has 0 radical (unpaired) electrons. The molecule has 0 bridgehead atoms. The van der Waals surface area contributed by atoms with E-state index in [9.17, 15) is 0 Å². The number of hydrogen-bond donors (Lipinski definition) is 1.